The number of thiazole rings is 1. The maximum Gasteiger partial charge on any atom is 0.355 e. The van der Waals surface area contributed by atoms with Crippen molar-refractivity contribution in [2.75, 3.05) is 18.8 Å². The minimum atomic E-state index is -3.62. The number of sulfonamides is 1. The third-order valence-corrected chi connectivity index (χ3v) is 5.40. The van der Waals surface area contributed by atoms with E-state index in [2.05, 4.69) is 10.3 Å². The summed E-state index contributed by atoms with van der Waals surface area (Å²) in [5, 5.41) is 12.9. The van der Waals surface area contributed by atoms with Gasteiger partial charge in [-0.2, -0.15) is 0 Å². The molecule has 1 aromatic rings. The van der Waals surface area contributed by atoms with Crippen molar-refractivity contribution in [3.05, 3.63) is 16.1 Å². The second kappa shape index (κ2) is 7.48. The molecule has 8 nitrogen and oxygen atoms in total. The van der Waals surface area contributed by atoms with Gasteiger partial charge in [0, 0.05) is 18.5 Å². The number of amides is 1. The van der Waals surface area contributed by atoms with Crippen molar-refractivity contribution in [1.29, 1.82) is 0 Å². The van der Waals surface area contributed by atoms with Crippen LogP contribution in [0.3, 0.4) is 0 Å². The molecular weight excluding hydrogens is 318 g/mol. The third-order valence-electron chi connectivity index (χ3n) is 2.62. The first-order valence-electron chi connectivity index (χ1n) is 6.22. The van der Waals surface area contributed by atoms with Crippen molar-refractivity contribution in [1.82, 2.24) is 14.6 Å². The lowest BCUT2D eigenvalue weighted by atomic mass is 10.5. The average Bonchev–Trinajstić information content (AvgIpc) is 2.85. The van der Waals surface area contributed by atoms with Crippen molar-refractivity contribution in [2.45, 2.75) is 20.4 Å². The van der Waals surface area contributed by atoms with Crippen molar-refractivity contribution in [3.8, 4) is 0 Å². The molecule has 0 fully saturated rings. The molecule has 0 aliphatic carbocycles. The zero-order valence-corrected chi connectivity index (χ0v) is 13.3. The van der Waals surface area contributed by atoms with E-state index in [1.807, 2.05) is 0 Å². The number of rotatable bonds is 8. The lowest BCUT2D eigenvalue weighted by Crippen LogP contribution is -2.39. The molecule has 21 heavy (non-hydrogen) atoms. The standard InChI is InChI=1S/C11H17N3O5S2/c1-3-14(4-2)21(18,19)7-9(15)12-5-10-13-8(6-20-10)11(16)17/h6H,3-5,7H2,1-2H3,(H,12,15)(H,16,17). The lowest BCUT2D eigenvalue weighted by molar-refractivity contribution is -0.118. The Bertz CT molecular complexity index is 607. The largest absolute Gasteiger partial charge is 0.476 e. The number of aromatic carboxylic acids is 1. The first-order valence-corrected chi connectivity index (χ1v) is 8.71. The van der Waals surface area contributed by atoms with Crippen LogP contribution in [0.5, 0.6) is 0 Å². The molecule has 1 aromatic heterocycles. The Balaban J connectivity index is 2.56. The van der Waals surface area contributed by atoms with Crippen LogP contribution in [0.15, 0.2) is 5.38 Å². The van der Waals surface area contributed by atoms with Crippen LogP contribution in [0.1, 0.15) is 29.3 Å². The highest BCUT2D eigenvalue weighted by atomic mass is 32.2. The van der Waals surface area contributed by atoms with E-state index >= 15 is 0 Å². The van der Waals surface area contributed by atoms with E-state index in [1.54, 1.807) is 13.8 Å². The van der Waals surface area contributed by atoms with Gasteiger partial charge in [0.05, 0.1) is 6.54 Å². The Labute approximate surface area is 126 Å². The highest BCUT2D eigenvalue weighted by Gasteiger charge is 2.22. The lowest BCUT2D eigenvalue weighted by Gasteiger charge is -2.17. The van der Waals surface area contributed by atoms with E-state index < -0.39 is 27.7 Å². The molecule has 0 saturated heterocycles. The average molecular weight is 335 g/mol. The molecule has 0 saturated carbocycles. The summed E-state index contributed by atoms with van der Waals surface area (Å²) in [4.78, 5) is 26.1. The monoisotopic (exact) mass is 335 g/mol. The van der Waals surface area contributed by atoms with Gasteiger partial charge in [0.15, 0.2) is 5.69 Å². The first kappa shape index (κ1) is 17.5. The van der Waals surface area contributed by atoms with E-state index in [0.717, 1.165) is 11.3 Å². The Kier molecular flexibility index (Phi) is 6.24. The number of carbonyl (C=O) groups excluding carboxylic acids is 1. The smallest absolute Gasteiger partial charge is 0.355 e. The zero-order chi connectivity index (χ0) is 16.0. The molecule has 2 N–H and O–H groups in total. The molecule has 10 heteroatoms. The van der Waals surface area contributed by atoms with Gasteiger partial charge >= 0.3 is 5.97 Å². The number of nitrogens with zero attached hydrogens (tertiary/aromatic N) is 2. The van der Waals surface area contributed by atoms with Crippen LogP contribution in [-0.2, 0) is 21.4 Å². The quantitative estimate of drug-likeness (QED) is 0.697. The molecule has 0 aromatic carbocycles. The topological polar surface area (TPSA) is 117 Å². The van der Waals surface area contributed by atoms with Crippen LogP contribution in [-0.4, -0.2) is 53.5 Å². The normalized spacial score (nSPS) is 11.6. The Morgan fingerprint density at radius 1 is 1.38 bits per heavy atom. The Morgan fingerprint density at radius 3 is 2.48 bits per heavy atom. The molecule has 1 amide bonds. The first-order chi connectivity index (χ1) is 9.80. The number of carboxylic acids is 1. The van der Waals surface area contributed by atoms with Gasteiger partial charge in [-0.15, -0.1) is 11.3 Å². The zero-order valence-electron chi connectivity index (χ0n) is 11.7. The summed E-state index contributed by atoms with van der Waals surface area (Å²) in [5.74, 6) is -2.42. The second-order valence-corrected chi connectivity index (χ2v) is 6.96. The third kappa shape index (κ3) is 5.06. The maximum absolute atomic E-state index is 11.9. The summed E-state index contributed by atoms with van der Waals surface area (Å²) < 4.78 is 25.0. The fraction of sp³-hybridized carbons (Fsp3) is 0.545. The summed E-state index contributed by atoms with van der Waals surface area (Å²) in [6, 6.07) is 0. The number of carbonyl (C=O) groups is 2. The summed E-state index contributed by atoms with van der Waals surface area (Å²) in [5.41, 5.74) is -0.0972. The summed E-state index contributed by atoms with van der Waals surface area (Å²) in [7, 11) is -3.62. The predicted octanol–water partition coefficient (Wildman–Crippen LogP) is 0.129. The second-order valence-electron chi connectivity index (χ2n) is 4.05. The SMILES string of the molecule is CCN(CC)S(=O)(=O)CC(=O)NCc1nc(C(=O)O)cs1. The molecule has 0 unspecified atom stereocenters. The van der Waals surface area contributed by atoms with E-state index in [4.69, 9.17) is 5.11 Å². The van der Waals surface area contributed by atoms with Crippen LogP contribution in [0, 0.1) is 0 Å². The van der Waals surface area contributed by atoms with Gasteiger partial charge in [0.25, 0.3) is 0 Å². The molecule has 0 spiro atoms. The predicted molar refractivity (Wildman–Crippen MR) is 77.6 cm³/mol. The molecule has 0 atom stereocenters. The van der Waals surface area contributed by atoms with E-state index in [9.17, 15) is 18.0 Å². The van der Waals surface area contributed by atoms with Crippen molar-refractivity contribution in [3.63, 3.8) is 0 Å². The van der Waals surface area contributed by atoms with Gasteiger partial charge in [-0.05, 0) is 0 Å². The van der Waals surface area contributed by atoms with Gasteiger partial charge in [-0.1, -0.05) is 13.8 Å². The Morgan fingerprint density at radius 2 is 2.00 bits per heavy atom. The maximum atomic E-state index is 11.9. The molecule has 1 heterocycles. The van der Waals surface area contributed by atoms with Gasteiger partial charge in [-0.3, -0.25) is 4.79 Å². The van der Waals surface area contributed by atoms with Crippen LogP contribution in [0.2, 0.25) is 0 Å². The number of carboxylic acid groups (broad SMARTS) is 1. The molecule has 118 valence electrons. The van der Waals surface area contributed by atoms with E-state index in [1.165, 1.54) is 9.69 Å². The highest BCUT2D eigenvalue weighted by molar-refractivity contribution is 7.89. The Hall–Kier alpha value is -1.52. The van der Waals surface area contributed by atoms with Crippen molar-refractivity contribution < 1.29 is 23.1 Å². The van der Waals surface area contributed by atoms with E-state index in [0.29, 0.717) is 18.1 Å². The molecule has 0 bridgehead atoms. The van der Waals surface area contributed by atoms with Crippen LogP contribution in [0.25, 0.3) is 0 Å². The van der Waals surface area contributed by atoms with Crippen LogP contribution < -0.4 is 5.32 Å². The van der Waals surface area contributed by atoms with Gasteiger partial charge in [0.1, 0.15) is 10.8 Å². The number of hydrogen-bond acceptors (Lipinski definition) is 6. The summed E-state index contributed by atoms with van der Waals surface area (Å²) in [6.45, 7) is 4.01. The van der Waals surface area contributed by atoms with E-state index in [-0.39, 0.29) is 12.2 Å². The minimum absolute atomic E-state index is 0.00451. The van der Waals surface area contributed by atoms with Crippen LogP contribution >= 0.6 is 11.3 Å². The van der Waals surface area contributed by atoms with Crippen molar-refractivity contribution >= 4 is 33.2 Å². The number of aromatic nitrogens is 1. The van der Waals surface area contributed by atoms with Gasteiger partial charge < -0.3 is 10.4 Å². The summed E-state index contributed by atoms with van der Waals surface area (Å²) in [6.07, 6.45) is 0. The van der Waals surface area contributed by atoms with Gasteiger partial charge in [-0.25, -0.2) is 22.5 Å². The van der Waals surface area contributed by atoms with Crippen molar-refractivity contribution in [2.24, 2.45) is 0 Å². The highest BCUT2D eigenvalue weighted by Crippen LogP contribution is 2.09. The number of nitrogens with one attached hydrogen (secondary N) is 1. The molecule has 0 aliphatic heterocycles. The molecule has 1 rings (SSSR count). The minimum Gasteiger partial charge on any atom is -0.476 e. The fourth-order valence-electron chi connectivity index (χ4n) is 1.59. The molecular formula is C11H17N3O5S2. The molecule has 0 radical (unpaired) electrons. The summed E-state index contributed by atoms with van der Waals surface area (Å²) >= 11 is 1.09. The molecule has 0 aliphatic rings. The fourth-order valence-corrected chi connectivity index (χ4v) is 3.70. The van der Waals surface area contributed by atoms with Gasteiger partial charge in [0.2, 0.25) is 15.9 Å². The van der Waals surface area contributed by atoms with Crippen LogP contribution in [0.4, 0.5) is 0 Å². The number of hydrogen-bond donors (Lipinski definition) is 2.